The Morgan fingerprint density at radius 3 is 2.70 bits per heavy atom. The van der Waals surface area contributed by atoms with Gasteiger partial charge < -0.3 is 10.8 Å². The van der Waals surface area contributed by atoms with E-state index in [0.29, 0.717) is 6.42 Å². The van der Waals surface area contributed by atoms with Crippen LogP contribution < -0.4 is 5.73 Å². The van der Waals surface area contributed by atoms with Gasteiger partial charge in [-0.3, -0.25) is 4.79 Å². The van der Waals surface area contributed by atoms with Gasteiger partial charge in [0.25, 0.3) is 0 Å². The molecule has 0 saturated heterocycles. The number of halogens is 1. The number of carbonyl (C=O) groups is 1. The molecular weight excluding hydrogens is 154 g/mol. The highest BCUT2D eigenvalue weighted by molar-refractivity contribution is 6.25. The van der Waals surface area contributed by atoms with Gasteiger partial charge in [-0.2, -0.15) is 0 Å². The number of hydrogen-bond acceptors (Lipinski definition) is 2. The number of rotatable bonds is 3. The van der Waals surface area contributed by atoms with Crippen molar-refractivity contribution in [2.24, 2.45) is 5.73 Å². The number of carboxylic acids is 1. The maximum atomic E-state index is 10.2. The third-order valence-electron chi connectivity index (χ3n) is 1.05. The van der Waals surface area contributed by atoms with E-state index in [1.807, 2.05) is 0 Å². The summed E-state index contributed by atoms with van der Waals surface area (Å²) >= 11 is 5.29. The predicted octanol–water partition coefficient (Wildman–Crippen LogP) is 0.931. The monoisotopic (exact) mass is 163 g/mol. The third-order valence-corrected chi connectivity index (χ3v) is 1.42. The summed E-state index contributed by atoms with van der Waals surface area (Å²) in [6.07, 6.45) is 0.304. The van der Waals surface area contributed by atoms with Gasteiger partial charge in [0, 0.05) is 5.54 Å². The first-order valence-corrected chi connectivity index (χ1v) is 3.25. The van der Waals surface area contributed by atoms with E-state index in [1.54, 1.807) is 6.92 Å². The Balaban J connectivity index is 3.80. The summed E-state index contributed by atoms with van der Waals surface area (Å²) in [5.41, 5.74) is 7.30. The number of nitrogens with two attached hydrogens (primary N) is 1. The van der Waals surface area contributed by atoms with Gasteiger partial charge in [-0.1, -0.05) is 17.2 Å². The van der Waals surface area contributed by atoms with Crippen LogP contribution in [0.3, 0.4) is 0 Å². The van der Waals surface area contributed by atoms with Crippen LogP contribution in [0, 0.1) is 0 Å². The van der Waals surface area contributed by atoms with Gasteiger partial charge in [-0.05, 0) is 13.3 Å². The van der Waals surface area contributed by atoms with Crippen molar-refractivity contribution in [3.63, 3.8) is 0 Å². The topological polar surface area (TPSA) is 63.3 Å². The zero-order valence-electron chi connectivity index (χ0n) is 5.67. The van der Waals surface area contributed by atoms with Crippen LogP contribution in [0.5, 0.6) is 0 Å². The molecule has 3 nitrogen and oxygen atoms in total. The molecule has 1 atom stereocenters. The lowest BCUT2D eigenvalue weighted by Gasteiger charge is -2.03. The average molecular weight is 164 g/mol. The summed E-state index contributed by atoms with van der Waals surface area (Å²) in [6, 6.07) is -0.838. The molecule has 0 aromatic heterocycles. The van der Waals surface area contributed by atoms with Crippen LogP contribution in [0.4, 0.5) is 0 Å². The van der Waals surface area contributed by atoms with Crippen molar-refractivity contribution in [3.8, 4) is 0 Å². The Morgan fingerprint density at radius 1 is 1.90 bits per heavy atom. The highest BCUT2D eigenvalue weighted by Crippen LogP contribution is 2.03. The maximum Gasteiger partial charge on any atom is 0.320 e. The van der Waals surface area contributed by atoms with Crippen molar-refractivity contribution in [2.45, 2.75) is 19.4 Å². The molecular formula is C6H10ClNO2. The summed E-state index contributed by atoms with van der Waals surface area (Å²) in [5, 5.41) is 8.33. The van der Waals surface area contributed by atoms with Gasteiger partial charge in [0.1, 0.15) is 6.04 Å². The summed E-state index contributed by atoms with van der Waals surface area (Å²) in [5.74, 6) is -1.00. The molecule has 0 saturated carbocycles. The highest BCUT2D eigenvalue weighted by atomic mass is 35.5. The average Bonchev–Trinajstić information content (AvgIpc) is 1.87. The van der Waals surface area contributed by atoms with Crippen molar-refractivity contribution < 1.29 is 9.90 Å². The molecule has 0 aliphatic carbocycles. The maximum absolute atomic E-state index is 10.2. The van der Waals surface area contributed by atoms with E-state index in [9.17, 15) is 4.79 Å². The quantitative estimate of drug-likeness (QED) is 0.651. The Hall–Kier alpha value is -0.540. The summed E-state index contributed by atoms with van der Waals surface area (Å²) in [7, 11) is 0. The van der Waals surface area contributed by atoms with E-state index < -0.39 is 12.0 Å². The van der Waals surface area contributed by atoms with E-state index in [4.69, 9.17) is 22.4 Å². The SMILES string of the molecule is CC(=CCl)CC(N)C(=O)O. The Morgan fingerprint density at radius 2 is 2.40 bits per heavy atom. The molecule has 0 heterocycles. The highest BCUT2D eigenvalue weighted by Gasteiger charge is 2.10. The minimum Gasteiger partial charge on any atom is -0.480 e. The Kier molecular flexibility index (Phi) is 4.07. The van der Waals surface area contributed by atoms with Crippen molar-refractivity contribution in [1.82, 2.24) is 0 Å². The molecule has 0 aliphatic rings. The van der Waals surface area contributed by atoms with E-state index in [2.05, 4.69) is 0 Å². The molecule has 0 radical (unpaired) electrons. The number of hydrogen-bond donors (Lipinski definition) is 2. The van der Waals surface area contributed by atoms with E-state index in [0.717, 1.165) is 5.57 Å². The molecule has 0 fully saturated rings. The van der Waals surface area contributed by atoms with Gasteiger partial charge in [0.05, 0.1) is 0 Å². The molecule has 4 heteroatoms. The first-order chi connectivity index (χ1) is 4.57. The van der Waals surface area contributed by atoms with Gasteiger partial charge in [0.2, 0.25) is 0 Å². The minimum atomic E-state index is -1.00. The molecule has 10 heavy (non-hydrogen) atoms. The first kappa shape index (κ1) is 9.46. The lowest BCUT2D eigenvalue weighted by molar-refractivity contribution is -0.138. The van der Waals surface area contributed by atoms with Crippen LogP contribution >= 0.6 is 11.6 Å². The summed E-state index contributed by atoms with van der Waals surface area (Å²) in [4.78, 5) is 10.2. The second-order valence-corrected chi connectivity index (χ2v) is 2.32. The molecule has 0 bridgehead atoms. The molecule has 0 aromatic rings. The Labute approximate surface area is 64.5 Å². The second kappa shape index (κ2) is 4.30. The van der Waals surface area contributed by atoms with Crippen LogP contribution in [-0.4, -0.2) is 17.1 Å². The van der Waals surface area contributed by atoms with Gasteiger partial charge in [-0.15, -0.1) is 0 Å². The van der Waals surface area contributed by atoms with Crippen LogP contribution in [0.25, 0.3) is 0 Å². The standard InChI is InChI=1S/C6H10ClNO2/c1-4(3-7)2-5(8)6(9)10/h3,5H,2,8H2,1H3,(H,9,10). The Bertz CT molecular complexity index is 156. The molecule has 3 N–H and O–H groups in total. The zero-order valence-corrected chi connectivity index (χ0v) is 6.43. The first-order valence-electron chi connectivity index (χ1n) is 2.82. The number of aliphatic carboxylic acids is 1. The zero-order chi connectivity index (χ0) is 8.15. The van der Waals surface area contributed by atoms with Crippen LogP contribution in [-0.2, 0) is 4.79 Å². The smallest absolute Gasteiger partial charge is 0.320 e. The lowest BCUT2D eigenvalue weighted by Crippen LogP contribution is -2.29. The van der Waals surface area contributed by atoms with Crippen LogP contribution in [0.1, 0.15) is 13.3 Å². The normalized spacial score (nSPS) is 14.9. The van der Waals surface area contributed by atoms with Crippen molar-refractivity contribution in [3.05, 3.63) is 11.1 Å². The summed E-state index contributed by atoms with van der Waals surface area (Å²) in [6.45, 7) is 1.73. The van der Waals surface area contributed by atoms with Crippen molar-refractivity contribution in [1.29, 1.82) is 0 Å². The predicted molar refractivity (Wildman–Crippen MR) is 39.8 cm³/mol. The molecule has 0 amide bonds. The minimum absolute atomic E-state index is 0.304. The molecule has 0 rings (SSSR count). The molecule has 58 valence electrons. The molecule has 0 aromatic carbocycles. The molecule has 0 spiro atoms. The van der Waals surface area contributed by atoms with Gasteiger partial charge >= 0.3 is 5.97 Å². The second-order valence-electron chi connectivity index (χ2n) is 2.10. The van der Waals surface area contributed by atoms with Crippen LogP contribution in [0.2, 0.25) is 0 Å². The third kappa shape index (κ3) is 3.48. The van der Waals surface area contributed by atoms with E-state index in [-0.39, 0.29) is 0 Å². The van der Waals surface area contributed by atoms with E-state index >= 15 is 0 Å². The molecule has 1 unspecified atom stereocenters. The van der Waals surface area contributed by atoms with Gasteiger partial charge in [-0.25, -0.2) is 0 Å². The van der Waals surface area contributed by atoms with Crippen molar-refractivity contribution >= 4 is 17.6 Å². The number of carboxylic acid groups (broad SMARTS) is 1. The summed E-state index contributed by atoms with van der Waals surface area (Å²) < 4.78 is 0. The van der Waals surface area contributed by atoms with E-state index in [1.165, 1.54) is 5.54 Å². The molecule has 0 aliphatic heterocycles. The van der Waals surface area contributed by atoms with Crippen molar-refractivity contribution in [2.75, 3.05) is 0 Å². The van der Waals surface area contributed by atoms with Crippen LogP contribution in [0.15, 0.2) is 11.1 Å². The lowest BCUT2D eigenvalue weighted by atomic mass is 10.1. The largest absolute Gasteiger partial charge is 0.480 e. The fourth-order valence-electron chi connectivity index (χ4n) is 0.479. The fraction of sp³-hybridized carbons (Fsp3) is 0.500. The fourth-order valence-corrected chi connectivity index (χ4v) is 0.568. The van der Waals surface area contributed by atoms with Gasteiger partial charge in [0.15, 0.2) is 0 Å².